The molecule has 0 radical (unpaired) electrons. The van der Waals surface area contributed by atoms with Gasteiger partial charge < -0.3 is 24.3 Å². The zero-order valence-electron chi connectivity index (χ0n) is 9.71. The summed E-state index contributed by atoms with van der Waals surface area (Å²) in [5, 5.41) is 2.71. The second-order valence-electron chi connectivity index (χ2n) is 2.21. The molecule has 0 spiro atoms. The van der Waals surface area contributed by atoms with Crippen LogP contribution in [0.2, 0.25) is 0 Å². The molecule has 0 aromatic rings. The molecule has 0 unspecified atom stereocenters. The van der Waals surface area contributed by atoms with Crippen LogP contribution < -0.4 is 11.1 Å². The Balaban J connectivity index is 0. The Morgan fingerprint density at radius 2 is 1.29 bits per heavy atom. The third-order valence-electron chi connectivity index (χ3n) is 1.11. The third-order valence-corrected chi connectivity index (χ3v) is 2.93. The number of rotatable bonds is 7. The standard InChI is InChI=1S/C6H16O3Si.C2H8N2/c1-4-7-10(8-5-2)9-6-3;1-4-2-3/h10H,4-6H2,1-3H3;4H,2-3H2,1H3. The molecule has 88 valence electrons. The second kappa shape index (κ2) is 15.5. The molecule has 0 saturated carbocycles. The topological polar surface area (TPSA) is 65.7 Å². The Kier molecular flexibility index (Phi) is 18.2. The predicted octanol–water partition coefficient (Wildman–Crippen LogP) is -0.0649. The van der Waals surface area contributed by atoms with Crippen molar-refractivity contribution in [3.63, 3.8) is 0 Å². The highest BCUT2D eigenvalue weighted by Crippen LogP contribution is 1.90. The van der Waals surface area contributed by atoms with Crippen LogP contribution in [0.3, 0.4) is 0 Å². The van der Waals surface area contributed by atoms with Crippen LogP contribution in [0.5, 0.6) is 0 Å². The van der Waals surface area contributed by atoms with Crippen LogP contribution in [0.25, 0.3) is 0 Å². The number of hydrogen-bond donors (Lipinski definition) is 2. The van der Waals surface area contributed by atoms with Crippen molar-refractivity contribution >= 4 is 9.53 Å². The van der Waals surface area contributed by atoms with Gasteiger partial charge in [-0.2, -0.15) is 0 Å². The first-order valence-corrected chi connectivity index (χ1v) is 6.37. The van der Waals surface area contributed by atoms with Gasteiger partial charge in [-0.3, -0.25) is 0 Å². The van der Waals surface area contributed by atoms with E-state index in [-0.39, 0.29) is 0 Å². The van der Waals surface area contributed by atoms with E-state index >= 15 is 0 Å². The SMILES string of the molecule is CCO[SiH](OCC)OCC.CNCN. The fourth-order valence-electron chi connectivity index (χ4n) is 0.553. The van der Waals surface area contributed by atoms with Crippen LogP contribution in [-0.4, -0.2) is 43.1 Å². The van der Waals surface area contributed by atoms with Crippen molar-refractivity contribution in [1.82, 2.24) is 5.32 Å². The smallest absolute Gasteiger partial charge is 0.376 e. The fourth-order valence-corrected chi connectivity index (χ4v) is 1.66. The van der Waals surface area contributed by atoms with Crippen LogP contribution in [0.15, 0.2) is 0 Å². The first-order valence-electron chi connectivity index (χ1n) is 4.96. The Morgan fingerprint density at radius 1 is 1.00 bits per heavy atom. The Labute approximate surface area is 88.9 Å². The first-order chi connectivity index (χ1) is 6.76. The Morgan fingerprint density at radius 3 is 1.43 bits per heavy atom. The minimum absolute atomic E-state index is 0.569. The van der Waals surface area contributed by atoms with Gasteiger partial charge >= 0.3 is 9.53 Å². The van der Waals surface area contributed by atoms with E-state index < -0.39 is 9.53 Å². The molecule has 5 nitrogen and oxygen atoms in total. The van der Waals surface area contributed by atoms with Crippen molar-refractivity contribution in [3.8, 4) is 0 Å². The third kappa shape index (κ3) is 14.5. The van der Waals surface area contributed by atoms with Gasteiger partial charge in [0.25, 0.3) is 0 Å². The highest BCUT2D eigenvalue weighted by Gasteiger charge is 2.11. The molecule has 3 N–H and O–H groups in total. The average molecular weight is 224 g/mol. The zero-order chi connectivity index (χ0) is 11.2. The molecule has 0 amide bonds. The molecule has 0 aliphatic rings. The maximum atomic E-state index is 5.22. The summed E-state index contributed by atoms with van der Waals surface area (Å²) in [6.45, 7) is 8.43. The van der Waals surface area contributed by atoms with E-state index in [0.29, 0.717) is 26.5 Å². The summed E-state index contributed by atoms with van der Waals surface area (Å²) < 4.78 is 15.7. The van der Waals surface area contributed by atoms with E-state index in [0.717, 1.165) is 0 Å². The Hall–Kier alpha value is 0.0169. The highest BCUT2D eigenvalue weighted by molar-refractivity contribution is 6.36. The van der Waals surface area contributed by atoms with Crippen molar-refractivity contribution < 1.29 is 13.3 Å². The van der Waals surface area contributed by atoms with Crippen molar-refractivity contribution in [2.45, 2.75) is 20.8 Å². The van der Waals surface area contributed by atoms with Crippen LogP contribution >= 0.6 is 0 Å². The number of nitrogens with two attached hydrogens (primary N) is 1. The summed E-state index contributed by atoms with van der Waals surface area (Å²) in [4.78, 5) is 0. The monoisotopic (exact) mass is 224 g/mol. The molecule has 6 heteroatoms. The van der Waals surface area contributed by atoms with Crippen LogP contribution in [0, 0.1) is 0 Å². The number of hydrogen-bond acceptors (Lipinski definition) is 5. The van der Waals surface area contributed by atoms with E-state index in [1.54, 1.807) is 7.05 Å². The van der Waals surface area contributed by atoms with Crippen LogP contribution in [-0.2, 0) is 13.3 Å². The van der Waals surface area contributed by atoms with E-state index in [4.69, 9.17) is 19.0 Å². The van der Waals surface area contributed by atoms with E-state index in [1.807, 2.05) is 20.8 Å². The molecule has 0 aliphatic heterocycles. The summed E-state index contributed by atoms with van der Waals surface area (Å²) in [6, 6.07) is 0. The second-order valence-corrected chi connectivity index (χ2v) is 3.79. The summed E-state index contributed by atoms with van der Waals surface area (Å²) >= 11 is 0. The molecular weight excluding hydrogens is 200 g/mol. The molecule has 0 aromatic carbocycles. The van der Waals surface area contributed by atoms with Gasteiger partial charge in [0.2, 0.25) is 0 Å². The van der Waals surface area contributed by atoms with Gasteiger partial charge in [-0.25, -0.2) is 0 Å². The Bertz CT molecular complexity index is 82.4. The zero-order valence-corrected chi connectivity index (χ0v) is 10.9. The molecule has 0 aromatic heterocycles. The van der Waals surface area contributed by atoms with Gasteiger partial charge in [0.15, 0.2) is 0 Å². The van der Waals surface area contributed by atoms with Gasteiger partial charge in [-0.15, -0.1) is 0 Å². The largest absolute Gasteiger partial charge is 0.484 e. The summed E-state index contributed by atoms with van der Waals surface area (Å²) in [5.41, 5.74) is 4.92. The lowest BCUT2D eigenvalue weighted by molar-refractivity contribution is 0.107. The van der Waals surface area contributed by atoms with Crippen LogP contribution in [0.4, 0.5) is 0 Å². The minimum atomic E-state index is -1.73. The van der Waals surface area contributed by atoms with E-state index in [1.165, 1.54) is 0 Å². The maximum Gasteiger partial charge on any atom is 0.484 e. The summed E-state index contributed by atoms with van der Waals surface area (Å²) in [7, 11) is 0.0718. The average Bonchev–Trinajstić information content (AvgIpc) is 2.20. The molecule has 0 atom stereocenters. The van der Waals surface area contributed by atoms with Gasteiger partial charge in [-0.05, 0) is 27.8 Å². The fraction of sp³-hybridized carbons (Fsp3) is 1.00. The molecular formula is C8H24N2O3Si. The van der Waals surface area contributed by atoms with E-state index in [2.05, 4.69) is 5.32 Å². The first kappa shape index (κ1) is 16.4. The van der Waals surface area contributed by atoms with Crippen molar-refractivity contribution in [3.05, 3.63) is 0 Å². The van der Waals surface area contributed by atoms with Gasteiger partial charge in [0.05, 0.1) is 0 Å². The molecule has 0 fully saturated rings. The molecule has 0 heterocycles. The minimum Gasteiger partial charge on any atom is -0.376 e. The lowest BCUT2D eigenvalue weighted by Gasteiger charge is -2.12. The molecule has 14 heavy (non-hydrogen) atoms. The van der Waals surface area contributed by atoms with Gasteiger partial charge in [-0.1, -0.05) is 0 Å². The van der Waals surface area contributed by atoms with Crippen molar-refractivity contribution in [2.24, 2.45) is 5.73 Å². The normalized spacial score (nSPS) is 9.86. The quantitative estimate of drug-likeness (QED) is 0.468. The molecule has 0 saturated heterocycles. The molecule has 0 aliphatic carbocycles. The highest BCUT2D eigenvalue weighted by atomic mass is 28.3. The van der Waals surface area contributed by atoms with Crippen molar-refractivity contribution in [1.29, 1.82) is 0 Å². The van der Waals surface area contributed by atoms with Gasteiger partial charge in [0.1, 0.15) is 0 Å². The maximum absolute atomic E-state index is 5.22. The summed E-state index contributed by atoms with van der Waals surface area (Å²) in [6.07, 6.45) is 0. The number of nitrogens with one attached hydrogen (secondary N) is 1. The summed E-state index contributed by atoms with van der Waals surface area (Å²) in [5.74, 6) is 0. The van der Waals surface area contributed by atoms with Crippen LogP contribution in [0.1, 0.15) is 20.8 Å². The molecule has 0 bridgehead atoms. The van der Waals surface area contributed by atoms with Crippen molar-refractivity contribution in [2.75, 3.05) is 33.5 Å². The molecule has 0 rings (SSSR count). The van der Waals surface area contributed by atoms with E-state index in [9.17, 15) is 0 Å². The van der Waals surface area contributed by atoms with Gasteiger partial charge in [0, 0.05) is 26.5 Å². The lowest BCUT2D eigenvalue weighted by atomic mass is 10.9. The lowest BCUT2D eigenvalue weighted by Crippen LogP contribution is -2.27. The predicted molar refractivity (Wildman–Crippen MR) is 60.1 cm³/mol.